The van der Waals surface area contributed by atoms with E-state index in [1.54, 1.807) is 11.3 Å². The molecule has 13 heavy (non-hydrogen) atoms. The lowest BCUT2D eigenvalue weighted by atomic mass is 10.2. The molecule has 1 heterocycles. The van der Waals surface area contributed by atoms with Crippen molar-refractivity contribution in [3.05, 3.63) is 22.4 Å². The van der Waals surface area contributed by atoms with Gasteiger partial charge in [0.2, 0.25) is 0 Å². The van der Waals surface area contributed by atoms with Gasteiger partial charge in [0.15, 0.2) is 5.78 Å². The summed E-state index contributed by atoms with van der Waals surface area (Å²) in [5.74, 6) is 0.274. The van der Waals surface area contributed by atoms with Crippen molar-refractivity contribution in [3.63, 3.8) is 0 Å². The van der Waals surface area contributed by atoms with Gasteiger partial charge in [-0.2, -0.15) is 0 Å². The van der Waals surface area contributed by atoms with Gasteiger partial charge >= 0.3 is 0 Å². The van der Waals surface area contributed by atoms with E-state index in [1.807, 2.05) is 17.5 Å². The smallest absolute Gasteiger partial charge is 0.151 e. The van der Waals surface area contributed by atoms with Crippen molar-refractivity contribution in [2.75, 3.05) is 13.1 Å². The molecule has 0 fully saturated rings. The van der Waals surface area contributed by atoms with Crippen LogP contribution in [-0.4, -0.2) is 18.9 Å². The first-order valence-corrected chi connectivity index (χ1v) is 5.45. The van der Waals surface area contributed by atoms with Crippen molar-refractivity contribution in [2.45, 2.75) is 19.8 Å². The first-order valence-electron chi connectivity index (χ1n) is 4.57. The highest BCUT2D eigenvalue weighted by Gasteiger charge is 2.02. The maximum atomic E-state index is 11.3. The number of Topliss-reactive ketones (excluding diaryl/α,β-unsaturated/α-hetero) is 1. The van der Waals surface area contributed by atoms with Crippen LogP contribution in [0.25, 0.3) is 0 Å². The molecule has 0 aliphatic rings. The zero-order valence-corrected chi connectivity index (χ0v) is 8.69. The quantitative estimate of drug-likeness (QED) is 0.705. The molecule has 0 atom stereocenters. The molecule has 0 saturated carbocycles. The van der Waals surface area contributed by atoms with Crippen molar-refractivity contribution in [1.82, 2.24) is 5.32 Å². The highest BCUT2D eigenvalue weighted by atomic mass is 32.1. The second-order valence-corrected chi connectivity index (χ2v) is 4.00. The molecule has 1 N–H and O–H groups in total. The van der Waals surface area contributed by atoms with Gasteiger partial charge in [0.1, 0.15) is 0 Å². The first kappa shape index (κ1) is 10.4. The summed E-state index contributed by atoms with van der Waals surface area (Å²) >= 11 is 1.64. The van der Waals surface area contributed by atoms with E-state index >= 15 is 0 Å². The number of hydrogen-bond acceptors (Lipinski definition) is 3. The van der Waals surface area contributed by atoms with E-state index in [-0.39, 0.29) is 5.78 Å². The third-order valence-electron chi connectivity index (χ3n) is 1.70. The van der Waals surface area contributed by atoms with E-state index in [2.05, 4.69) is 12.2 Å². The van der Waals surface area contributed by atoms with Crippen LogP contribution in [0.4, 0.5) is 0 Å². The average molecular weight is 197 g/mol. The number of ketones is 1. The van der Waals surface area contributed by atoms with Gasteiger partial charge in [-0.05, 0) is 24.4 Å². The lowest BCUT2D eigenvalue weighted by molar-refractivity contribution is -0.117. The Morgan fingerprint density at radius 3 is 3.08 bits per heavy atom. The topological polar surface area (TPSA) is 29.1 Å². The van der Waals surface area contributed by atoms with Crippen LogP contribution in [0.15, 0.2) is 17.5 Å². The molecule has 0 amide bonds. The zero-order valence-electron chi connectivity index (χ0n) is 7.88. The molecule has 0 saturated heterocycles. The van der Waals surface area contributed by atoms with Gasteiger partial charge in [0.25, 0.3) is 0 Å². The lowest BCUT2D eigenvalue weighted by Crippen LogP contribution is -2.24. The van der Waals surface area contributed by atoms with Gasteiger partial charge in [-0.1, -0.05) is 13.0 Å². The molecular weight excluding hydrogens is 182 g/mol. The number of nitrogens with one attached hydrogen (secondary N) is 1. The van der Waals surface area contributed by atoms with Gasteiger partial charge in [-0.15, -0.1) is 11.3 Å². The number of rotatable bonds is 6. The van der Waals surface area contributed by atoms with Crippen LogP contribution in [0.1, 0.15) is 18.2 Å². The standard InChI is InChI=1S/C10H15NOS/c1-2-5-11-8-9(12)7-10-4-3-6-13-10/h3-4,6,11H,2,5,7-8H2,1H3. The van der Waals surface area contributed by atoms with Crippen LogP contribution in [0.2, 0.25) is 0 Å². The Morgan fingerprint density at radius 1 is 1.62 bits per heavy atom. The Morgan fingerprint density at radius 2 is 2.46 bits per heavy atom. The SMILES string of the molecule is CCCNCC(=O)Cc1cccs1. The summed E-state index contributed by atoms with van der Waals surface area (Å²) in [6.45, 7) is 3.53. The summed E-state index contributed by atoms with van der Waals surface area (Å²) in [5.41, 5.74) is 0. The lowest BCUT2D eigenvalue weighted by Gasteiger charge is -2.00. The minimum Gasteiger partial charge on any atom is -0.310 e. The fourth-order valence-electron chi connectivity index (χ4n) is 1.07. The Hall–Kier alpha value is -0.670. The average Bonchev–Trinajstić information content (AvgIpc) is 2.57. The van der Waals surface area contributed by atoms with Crippen LogP contribution in [-0.2, 0) is 11.2 Å². The maximum Gasteiger partial charge on any atom is 0.151 e. The summed E-state index contributed by atoms with van der Waals surface area (Å²) in [6, 6.07) is 3.98. The number of thiophene rings is 1. The largest absolute Gasteiger partial charge is 0.310 e. The Bertz CT molecular complexity index is 243. The molecule has 0 aliphatic heterocycles. The minimum atomic E-state index is 0.274. The number of carbonyl (C=O) groups excluding carboxylic acids is 1. The predicted molar refractivity (Wildman–Crippen MR) is 56.2 cm³/mol. The molecule has 1 aromatic rings. The third-order valence-corrected chi connectivity index (χ3v) is 2.58. The summed E-state index contributed by atoms with van der Waals surface area (Å²) in [4.78, 5) is 12.5. The van der Waals surface area contributed by atoms with Crippen molar-refractivity contribution in [3.8, 4) is 0 Å². The van der Waals surface area contributed by atoms with Crippen molar-refractivity contribution in [1.29, 1.82) is 0 Å². The fraction of sp³-hybridized carbons (Fsp3) is 0.500. The van der Waals surface area contributed by atoms with Gasteiger partial charge in [0.05, 0.1) is 6.54 Å². The van der Waals surface area contributed by atoms with Crippen LogP contribution < -0.4 is 5.32 Å². The molecule has 3 heteroatoms. The zero-order chi connectivity index (χ0) is 9.52. The molecule has 72 valence electrons. The fourth-order valence-corrected chi connectivity index (χ4v) is 1.81. The third kappa shape index (κ3) is 4.20. The molecule has 0 aromatic carbocycles. The van der Waals surface area contributed by atoms with Gasteiger partial charge in [-0.3, -0.25) is 4.79 Å². The van der Waals surface area contributed by atoms with Crippen molar-refractivity contribution >= 4 is 17.1 Å². The number of carbonyl (C=O) groups is 1. The Kier molecular flexibility index (Phi) is 4.72. The summed E-state index contributed by atoms with van der Waals surface area (Å²) in [6.07, 6.45) is 1.65. The maximum absolute atomic E-state index is 11.3. The highest BCUT2D eigenvalue weighted by Crippen LogP contribution is 2.08. The van der Waals surface area contributed by atoms with Crippen LogP contribution in [0.3, 0.4) is 0 Å². The van der Waals surface area contributed by atoms with E-state index in [0.717, 1.165) is 17.8 Å². The summed E-state index contributed by atoms with van der Waals surface area (Å²) < 4.78 is 0. The first-order chi connectivity index (χ1) is 6.33. The van der Waals surface area contributed by atoms with Crippen LogP contribution in [0, 0.1) is 0 Å². The van der Waals surface area contributed by atoms with Crippen LogP contribution >= 0.6 is 11.3 Å². The van der Waals surface area contributed by atoms with Crippen LogP contribution in [0.5, 0.6) is 0 Å². The normalized spacial score (nSPS) is 10.2. The Balaban J connectivity index is 2.18. The monoisotopic (exact) mass is 197 g/mol. The van der Waals surface area contributed by atoms with Crippen molar-refractivity contribution < 1.29 is 4.79 Å². The molecule has 0 spiro atoms. The van der Waals surface area contributed by atoms with Gasteiger partial charge < -0.3 is 5.32 Å². The molecule has 0 unspecified atom stereocenters. The minimum absolute atomic E-state index is 0.274. The van der Waals surface area contributed by atoms with E-state index in [9.17, 15) is 4.79 Å². The molecule has 2 nitrogen and oxygen atoms in total. The highest BCUT2D eigenvalue weighted by molar-refractivity contribution is 7.10. The van der Waals surface area contributed by atoms with E-state index in [0.29, 0.717) is 13.0 Å². The van der Waals surface area contributed by atoms with E-state index < -0.39 is 0 Å². The van der Waals surface area contributed by atoms with Crippen molar-refractivity contribution in [2.24, 2.45) is 0 Å². The number of hydrogen-bond donors (Lipinski definition) is 1. The van der Waals surface area contributed by atoms with E-state index in [1.165, 1.54) is 0 Å². The van der Waals surface area contributed by atoms with Gasteiger partial charge in [0, 0.05) is 11.3 Å². The summed E-state index contributed by atoms with van der Waals surface area (Å²) in [7, 11) is 0. The second-order valence-electron chi connectivity index (χ2n) is 2.97. The predicted octanol–water partition coefficient (Wildman–Crippen LogP) is 1.86. The Labute approximate surface area is 83.0 Å². The van der Waals surface area contributed by atoms with Gasteiger partial charge in [-0.25, -0.2) is 0 Å². The molecule has 1 rings (SSSR count). The molecule has 0 bridgehead atoms. The van der Waals surface area contributed by atoms with E-state index in [4.69, 9.17) is 0 Å². The molecule has 0 aliphatic carbocycles. The molecule has 0 radical (unpaired) electrons. The second kappa shape index (κ2) is 5.89. The molecular formula is C10H15NOS. The summed E-state index contributed by atoms with van der Waals surface area (Å²) in [5, 5.41) is 5.10. The molecule has 1 aromatic heterocycles.